The molecule has 0 bridgehead atoms. The van der Waals surface area contributed by atoms with Gasteiger partial charge in [-0.1, -0.05) is 0 Å². The number of carbonyl (C=O) groups is 1. The van der Waals surface area contributed by atoms with E-state index >= 15 is 4.39 Å². The van der Waals surface area contributed by atoms with Gasteiger partial charge in [-0.25, -0.2) is 4.39 Å². The molecule has 0 saturated carbocycles. The molecule has 2 aromatic carbocycles. The third kappa shape index (κ3) is 5.66. The van der Waals surface area contributed by atoms with E-state index in [9.17, 15) is 4.79 Å². The van der Waals surface area contributed by atoms with Gasteiger partial charge in [0.25, 0.3) is 5.91 Å². The third-order valence-electron chi connectivity index (χ3n) is 7.35. The molecule has 1 N–H and O–H groups in total. The minimum Gasteiger partial charge on any atom is -0.491 e. The van der Waals surface area contributed by atoms with E-state index in [-0.39, 0.29) is 17.8 Å². The maximum atomic E-state index is 15.2. The number of fused-ring (bicyclic) bond motifs is 1. The zero-order valence-corrected chi connectivity index (χ0v) is 21.0. The van der Waals surface area contributed by atoms with Crippen molar-refractivity contribution in [2.75, 3.05) is 62.9 Å². The predicted molar refractivity (Wildman–Crippen MR) is 138 cm³/mol. The number of halogens is 1. The van der Waals surface area contributed by atoms with Crippen LogP contribution in [-0.2, 0) is 15.9 Å². The quantitative estimate of drug-likeness (QED) is 0.504. The highest BCUT2D eigenvalue weighted by molar-refractivity contribution is 6.08. The van der Waals surface area contributed by atoms with E-state index in [0.29, 0.717) is 42.6 Å². The van der Waals surface area contributed by atoms with Crippen LogP contribution in [-0.4, -0.2) is 71.2 Å². The molecule has 3 aliphatic heterocycles. The Kier molecular flexibility index (Phi) is 8.04. The molecule has 0 spiro atoms. The summed E-state index contributed by atoms with van der Waals surface area (Å²) in [5.74, 6) is 0.373. The summed E-state index contributed by atoms with van der Waals surface area (Å²) in [6.07, 6.45) is 4.90. The second kappa shape index (κ2) is 11.6. The van der Waals surface area contributed by atoms with Gasteiger partial charge in [0.05, 0.1) is 11.8 Å². The van der Waals surface area contributed by atoms with E-state index in [4.69, 9.17) is 14.2 Å². The van der Waals surface area contributed by atoms with Crippen LogP contribution in [0, 0.1) is 5.82 Å². The van der Waals surface area contributed by atoms with Gasteiger partial charge < -0.3 is 29.3 Å². The van der Waals surface area contributed by atoms with Crippen molar-refractivity contribution in [1.82, 2.24) is 5.32 Å². The molecule has 1 amide bonds. The third-order valence-corrected chi connectivity index (χ3v) is 7.35. The molecule has 0 aliphatic carbocycles. The number of hydrogen-bond donors (Lipinski definition) is 1. The Bertz CT molecular complexity index is 1060. The molecular formula is C28H36FN3O4. The summed E-state index contributed by atoms with van der Waals surface area (Å²) >= 11 is 0. The first kappa shape index (κ1) is 25.0. The maximum absolute atomic E-state index is 15.2. The first-order valence-corrected chi connectivity index (χ1v) is 13.1. The summed E-state index contributed by atoms with van der Waals surface area (Å²) < 4.78 is 31.8. The van der Waals surface area contributed by atoms with E-state index in [1.54, 1.807) is 12.0 Å². The van der Waals surface area contributed by atoms with E-state index in [2.05, 4.69) is 10.2 Å². The van der Waals surface area contributed by atoms with Crippen molar-refractivity contribution in [3.05, 3.63) is 53.3 Å². The monoisotopic (exact) mass is 497 g/mol. The summed E-state index contributed by atoms with van der Waals surface area (Å²) in [5.41, 5.74) is 2.81. The van der Waals surface area contributed by atoms with Crippen LogP contribution in [0.1, 0.15) is 41.6 Å². The fourth-order valence-corrected chi connectivity index (χ4v) is 5.35. The highest BCUT2D eigenvalue weighted by Crippen LogP contribution is 2.31. The molecule has 3 heterocycles. The van der Waals surface area contributed by atoms with Crippen molar-refractivity contribution in [2.45, 2.75) is 44.2 Å². The van der Waals surface area contributed by atoms with Gasteiger partial charge in [0.2, 0.25) is 0 Å². The van der Waals surface area contributed by atoms with Gasteiger partial charge >= 0.3 is 0 Å². The number of nitrogens with zero attached hydrogens (tertiary/aromatic N) is 2. The zero-order chi connectivity index (χ0) is 24.9. The topological polar surface area (TPSA) is 63.3 Å². The van der Waals surface area contributed by atoms with Crippen LogP contribution >= 0.6 is 0 Å². The number of hydrogen-bond acceptors (Lipinski definition) is 6. The number of rotatable bonds is 10. The Morgan fingerprint density at radius 2 is 2.08 bits per heavy atom. The van der Waals surface area contributed by atoms with Crippen molar-refractivity contribution in [3.8, 4) is 5.75 Å². The van der Waals surface area contributed by atoms with Crippen LogP contribution in [0.2, 0.25) is 0 Å². The lowest BCUT2D eigenvalue weighted by Gasteiger charge is -2.30. The Morgan fingerprint density at radius 3 is 2.89 bits per heavy atom. The fourth-order valence-electron chi connectivity index (χ4n) is 5.35. The first-order valence-electron chi connectivity index (χ1n) is 13.1. The number of anilines is 2. The molecule has 8 heteroatoms. The molecule has 0 radical (unpaired) electrons. The highest BCUT2D eigenvalue weighted by Gasteiger charge is 2.28. The zero-order valence-electron chi connectivity index (χ0n) is 21.0. The summed E-state index contributed by atoms with van der Waals surface area (Å²) in [6, 6.07) is 11.1. The van der Waals surface area contributed by atoms with Crippen LogP contribution in [0.3, 0.4) is 0 Å². The minimum absolute atomic E-state index is 0.101. The van der Waals surface area contributed by atoms with Gasteiger partial charge in [0.15, 0.2) is 0 Å². The highest BCUT2D eigenvalue weighted by atomic mass is 19.1. The Labute approximate surface area is 212 Å². The van der Waals surface area contributed by atoms with Gasteiger partial charge in [-0.2, -0.15) is 0 Å². The molecule has 2 unspecified atom stereocenters. The molecule has 36 heavy (non-hydrogen) atoms. The van der Waals surface area contributed by atoms with E-state index < -0.39 is 0 Å². The molecule has 7 nitrogen and oxygen atoms in total. The Balaban J connectivity index is 1.20. The summed E-state index contributed by atoms with van der Waals surface area (Å²) in [6.45, 7) is 5.07. The van der Waals surface area contributed by atoms with Crippen LogP contribution in [0.5, 0.6) is 5.75 Å². The fraction of sp³-hybridized carbons (Fsp3) is 0.536. The largest absolute Gasteiger partial charge is 0.491 e. The Morgan fingerprint density at radius 1 is 1.17 bits per heavy atom. The van der Waals surface area contributed by atoms with Crippen LogP contribution < -0.4 is 19.9 Å². The number of benzene rings is 2. The molecular weight excluding hydrogens is 461 g/mol. The number of nitrogens with one attached hydrogen (secondary N) is 1. The van der Waals surface area contributed by atoms with Crippen molar-refractivity contribution < 1.29 is 23.4 Å². The van der Waals surface area contributed by atoms with Crippen molar-refractivity contribution in [3.63, 3.8) is 0 Å². The van der Waals surface area contributed by atoms with Crippen molar-refractivity contribution in [2.24, 2.45) is 0 Å². The van der Waals surface area contributed by atoms with Gasteiger partial charge in [0, 0.05) is 57.3 Å². The molecule has 5 rings (SSSR count). The molecule has 194 valence electrons. The van der Waals surface area contributed by atoms with Crippen LogP contribution in [0.4, 0.5) is 15.8 Å². The van der Waals surface area contributed by atoms with E-state index in [1.165, 1.54) is 6.07 Å². The predicted octanol–water partition coefficient (Wildman–Crippen LogP) is 3.79. The lowest BCUT2D eigenvalue weighted by Crippen LogP contribution is -2.37. The van der Waals surface area contributed by atoms with Crippen molar-refractivity contribution >= 4 is 17.3 Å². The van der Waals surface area contributed by atoms with Crippen molar-refractivity contribution in [1.29, 1.82) is 0 Å². The smallest absolute Gasteiger partial charge is 0.258 e. The second-order valence-corrected chi connectivity index (χ2v) is 9.84. The number of carbonyl (C=O) groups excluding carboxylic acids is 1. The minimum atomic E-state index is -0.288. The Hall–Kier alpha value is -2.68. The standard InChI is InChI=1S/C28H36FN3O4/c1-34-14-3-11-30-21-10-12-31(18-21)27-8-5-22(17-26(27)29)32-13-9-20-16-23(6-7-25(20)28(32)33)36-19-24-4-2-15-35-24/h5-8,16-17,21,24,30H,2-4,9-15,18-19H2,1H3. The molecule has 2 aromatic rings. The normalized spacial score (nSPS) is 21.8. The maximum Gasteiger partial charge on any atom is 0.258 e. The van der Waals surface area contributed by atoms with Gasteiger partial charge in [0.1, 0.15) is 18.2 Å². The molecule has 2 atom stereocenters. The van der Waals surface area contributed by atoms with Crippen LogP contribution in [0.15, 0.2) is 36.4 Å². The molecule has 2 saturated heterocycles. The summed E-state index contributed by atoms with van der Waals surface area (Å²) in [7, 11) is 1.71. The van der Waals surface area contributed by atoms with Gasteiger partial charge in [-0.05, 0) is 80.6 Å². The summed E-state index contributed by atoms with van der Waals surface area (Å²) in [4.78, 5) is 17.0. The van der Waals surface area contributed by atoms with Gasteiger partial charge in [-0.3, -0.25) is 4.79 Å². The molecule has 2 fully saturated rings. The molecule has 0 aromatic heterocycles. The van der Waals surface area contributed by atoms with Gasteiger partial charge in [-0.15, -0.1) is 0 Å². The molecule has 3 aliphatic rings. The number of ether oxygens (including phenoxy) is 3. The lowest BCUT2D eigenvalue weighted by molar-refractivity contribution is 0.0679. The SMILES string of the molecule is COCCCNC1CCN(c2ccc(N3CCc4cc(OCC5CCCO5)ccc4C3=O)cc2F)C1. The second-order valence-electron chi connectivity index (χ2n) is 9.84. The number of amides is 1. The summed E-state index contributed by atoms with van der Waals surface area (Å²) in [5, 5.41) is 3.53. The average Bonchev–Trinajstić information content (AvgIpc) is 3.58. The first-order chi connectivity index (χ1) is 17.6. The number of methoxy groups -OCH3 is 1. The lowest BCUT2D eigenvalue weighted by atomic mass is 9.98. The van der Waals surface area contributed by atoms with E-state index in [1.807, 2.05) is 30.3 Å². The van der Waals surface area contributed by atoms with Crippen LogP contribution in [0.25, 0.3) is 0 Å². The van der Waals surface area contributed by atoms with E-state index in [0.717, 1.165) is 69.8 Å². The average molecular weight is 498 g/mol.